The first-order valence-electron chi connectivity index (χ1n) is 3.77. The SMILES string of the molecule is Cc1ccc([C@@H](N)CO)cc1Cl. The van der Waals surface area contributed by atoms with Gasteiger partial charge < -0.3 is 10.8 Å². The van der Waals surface area contributed by atoms with Crippen LogP contribution in [0.15, 0.2) is 18.2 Å². The Morgan fingerprint density at radius 2 is 2.25 bits per heavy atom. The molecule has 3 heteroatoms. The molecule has 0 amide bonds. The van der Waals surface area contributed by atoms with Gasteiger partial charge in [-0.05, 0) is 24.1 Å². The average molecular weight is 186 g/mol. The van der Waals surface area contributed by atoms with E-state index >= 15 is 0 Å². The van der Waals surface area contributed by atoms with Gasteiger partial charge in [0.25, 0.3) is 0 Å². The standard InChI is InChI=1S/C9H12ClNO/c1-6-2-3-7(4-8(6)10)9(11)5-12/h2-4,9,12H,5,11H2,1H3/t9-/m0/s1. The van der Waals surface area contributed by atoms with Gasteiger partial charge in [0.15, 0.2) is 0 Å². The number of hydrogen-bond donors (Lipinski definition) is 2. The maximum Gasteiger partial charge on any atom is 0.0624 e. The minimum absolute atomic E-state index is 0.0562. The second-order valence-corrected chi connectivity index (χ2v) is 3.20. The Balaban J connectivity index is 2.96. The first-order valence-corrected chi connectivity index (χ1v) is 4.15. The van der Waals surface area contributed by atoms with Gasteiger partial charge in [0.05, 0.1) is 12.6 Å². The predicted octanol–water partition coefficient (Wildman–Crippen LogP) is 1.64. The summed E-state index contributed by atoms with van der Waals surface area (Å²) in [5.74, 6) is 0. The molecule has 0 saturated heterocycles. The Bertz CT molecular complexity index is 275. The second kappa shape index (κ2) is 3.90. The number of nitrogens with two attached hydrogens (primary N) is 1. The molecule has 0 fully saturated rings. The molecule has 0 aliphatic carbocycles. The van der Waals surface area contributed by atoms with Crippen LogP contribution >= 0.6 is 11.6 Å². The van der Waals surface area contributed by atoms with Gasteiger partial charge in [0, 0.05) is 5.02 Å². The van der Waals surface area contributed by atoms with E-state index < -0.39 is 0 Å². The Labute approximate surface area is 77.0 Å². The molecule has 1 rings (SSSR count). The van der Waals surface area contributed by atoms with Crippen molar-refractivity contribution in [2.75, 3.05) is 6.61 Å². The Morgan fingerprint density at radius 1 is 1.58 bits per heavy atom. The van der Waals surface area contributed by atoms with Crippen molar-refractivity contribution in [3.8, 4) is 0 Å². The van der Waals surface area contributed by atoms with E-state index in [2.05, 4.69) is 0 Å². The van der Waals surface area contributed by atoms with E-state index in [1.54, 1.807) is 6.07 Å². The van der Waals surface area contributed by atoms with Crippen LogP contribution in [0, 0.1) is 6.92 Å². The lowest BCUT2D eigenvalue weighted by molar-refractivity contribution is 0.268. The van der Waals surface area contributed by atoms with E-state index in [1.165, 1.54) is 0 Å². The first kappa shape index (κ1) is 9.52. The average Bonchev–Trinajstić information content (AvgIpc) is 2.08. The number of rotatable bonds is 2. The largest absolute Gasteiger partial charge is 0.394 e. The summed E-state index contributed by atoms with van der Waals surface area (Å²) in [5, 5.41) is 9.47. The van der Waals surface area contributed by atoms with Crippen LogP contribution in [-0.4, -0.2) is 11.7 Å². The predicted molar refractivity (Wildman–Crippen MR) is 50.2 cm³/mol. The fraction of sp³-hybridized carbons (Fsp3) is 0.333. The summed E-state index contributed by atoms with van der Waals surface area (Å²) >= 11 is 5.88. The first-order chi connectivity index (χ1) is 5.65. The van der Waals surface area contributed by atoms with Crippen LogP contribution in [0.4, 0.5) is 0 Å². The smallest absolute Gasteiger partial charge is 0.0624 e. The van der Waals surface area contributed by atoms with Gasteiger partial charge in [0.2, 0.25) is 0 Å². The zero-order valence-corrected chi connectivity index (χ0v) is 7.67. The molecule has 1 aromatic carbocycles. The molecule has 0 bridgehead atoms. The second-order valence-electron chi connectivity index (χ2n) is 2.80. The summed E-state index contributed by atoms with van der Waals surface area (Å²) in [5.41, 5.74) is 7.49. The number of benzene rings is 1. The van der Waals surface area contributed by atoms with Crippen LogP contribution in [0.5, 0.6) is 0 Å². The van der Waals surface area contributed by atoms with Crippen LogP contribution < -0.4 is 5.73 Å². The van der Waals surface area contributed by atoms with Crippen LogP contribution in [0.3, 0.4) is 0 Å². The van der Waals surface area contributed by atoms with Crippen LogP contribution in [0.25, 0.3) is 0 Å². The van der Waals surface area contributed by atoms with Crippen molar-refractivity contribution in [1.29, 1.82) is 0 Å². The molecule has 1 aromatic rings. The summed E-state index contributed by atoms with van der Waals surface area (Å²) in [7, 11) is 0. The molecule has 2 nitrogen and oxygen atoms in total. The monoisotopic (exact) mass is 185 g/mol. The van der Waals surface area contributed by atoms with Crippen LogP contribution in [0.2, 0.25) is 5.02 Å². The number of hydrogen-bond acceptors (Lipinski definition) is 2. The lowest BCUT2D eigenvalue weighted by Gasteiger charge is -2.09. The van der Waals surface area contributed by atoms with Gasteiger partial charge in [-0.25, -0.2) is 0 Å². The van der Waals surface area contributed by atoms with Gasteiger partial charge in [-0.2, -0.15) is 0 Å². The molecule has 0 heterocycles. The summed E-state index contributed by atoms with van der Waals surface area (Å²) in [6.07, 6.45) is 0. The molecular formula is C9H12ClNO. The van der Waals surface area contributed by atoms with Crippen LogP contribution in [-0.2, 0) is 0 Å². The summed E-state index contributed by atoms with van der Waals surface area (Å²) < 4.78 is 0. The fourth-order valence-electron chi connectivity index (χ4n) is 0.945. The molecule has 3 N–H and O–H groups in total. The molecule has 0 aromatic heterocycles. The molecule has 0 aliphatic rings. The van der Waals surface area contributed by atoms with Gasteiger partial charge >= 0.3 is 0 Å². The number of aliphatic hydroxyl groups is 1. The third-order valence-corrected chi connectivity index (χ3v) is 2.23. The van der Waals surface area contributed by atoms with E-state index in [4.69, 9.17) is 22.4 Å². The van der Waals surface area contributed by atoms with E-state index in [1.807, 2.05) is 19.1 Å². The van der Waals surface area contributed by atoms with Crippen molar-refractivity contribution in [2.45, 2.75) is 13.0 Å². The lowest BCUT2D eigenvalue weighted by Crippen LogP contribution is -2.14. The van der Waals surface area contributed by atoms with Gasteiger partial charge in [0.1, 0.15) is 0 Å². The van der Waals surface area contributed by atoms with Gasteiger partial charge in [-0.15, -0.1) is 0 Å². The molecule has 66 valence electrons. The zero-order chi connectivity index (χ0) is 9.14. The Kier molecular flexibility index (Phi) is 3.09. The zero-order valence-electron chi connectivity index (χ0n) is 6.92. The van der Waals surface area contributed by atoms with Crippen molar-refractivity contribution in [1.82, 2.24) is 0 Å². The van der Waals surface area contributed by atoms with E-state index in [0.717, 1.165) is 11.1 Å². The van der Waals surface area contributed by atoms with Crippen LogP contribution in [0.1, 0.15) is 17.2 Å². The number of aryl methyl sites for hydroxylation is 1. The van der Waals surface area contributed by atoms with Crippen molar-refractivity contribution in [3.05, 3.63) is 34.3 Å². The fourth-order valence-corrected chi connectivity index (χ4v) is 1.13. The lowest BCUT2D eigenvalue weighted by atomic mass is 10.1. The molecule has 12 heavy (non-hydrogen) atoms. The molecule has 1 atom stereocenters. The number of aliphatic hydroxyl groups excluding tert-OH is 1. The Morgan fingerprint density at radius 3 is 2.75 bits per heavy atom. The molecule has 0 aliphatic heterocycles. The van der Waals surface area contributed by atoms with Crippen molar-refractivity contribution >= 4 is 11.6 Å². The highest BCUT2D eigenvalue weighted by molar-refractivity contribution is 6.31. The normalized spacial score (nSPS) is 13.0. The van der Waals surface area contributed by atoms with Gasteiger partial charge in [-0.1, -0.05) is 23.7 Å². The van der Waals surface area contributed by atoms with E-state index in [-0.39, 0.29) is 12.6 Å². The summed E-state index contributed by atoms with van der Waals surface area (Å²) in [6.45, 7) is 1.87. The minimum atomic E-state index is -0.330. The maximum absolute atomic E-state index is 8.78. The minimum Gasteiger partial charge on any atom is -0.394 e. The molecule has 0 unspecified atom stereocenters. The molecule has 0 saturated carbocycles. The highest BCUT2D eigenvalue weighted by atomic mass is 35.5. The summed E-state index contributed by atoms with van der Waals surface area (Å²) in [4.78, 5) is 0. The molecule has 0 spiro atoms. The third-order valence-electron chi connectivity index (χ3n) is 1.82. The van der Waals surface area contributed by atoms with Gasteiger partial charge in [-0.3, -0.25) is 0 Å². The van der Waals surface area contributed by atoms with E-state index in [0.29, 0.717) is 5.02 Å². The maximum atomic E-state index is 8.78. The van der Waals surface area contributed by atoms with Crippen molar-refractivity contribution < 1.29 is 5.11 Å². The topological polar surface area (TPSA) is 46.2 Å². The molecular weight excluding hydrogens is 174 g/mol. The highest BCUT2D eigenvalue weighted by Crippen LogP contribution is 2.19. The quantitative estimate of drug-likeness (QED) is 0.736. The van der Waals surface area contributed by atoms with E-state index in [9.17, 15) is 0 Å². The number of halogens is 1. The molecule has 0 radical (unpaired) electrons. The van der Waals surface area contributed by atoms with Crippen molar-refractivity contribution in [2.24, 2.45) is 5.73 Å². The van der Waals surface area contributed by atoms with Crippen molar-refractivity contribution in [3.63, 3.8) is 0 Å². The Hall–Kier alpha value is -0.570. The summed E-state index contributed by atoms with van der Waals surface area (Å²) in [6, 6.07) is 5.23. The third kappa shape index (κ3) is 1.97. The highest BCUT2D eigenvalue weighted by Gasteiger charge is 2.05.